The van der Waals surface area contributed by atoms with Gasteiger partial charge in [-0.2, -0.15) is 0 Å². The fourth-order valence-electron chi connectivity index (χ4n) is 19.8. The SMILES string of the molecule is CCC1(COCCc2cccc(-c3ccc(N(c4cccc(-c5ccc6sc7ccc(-c8ccc9sc%10ccc(-c%11ccc%12sc%13ccc(-c%14ccc%15sc%16ccc(-c%17cccc(N(c%18ccc(-c%19cccc(CCOCC%20(CC)COC%20)c%19)cc%18)c%18cccc%19ccccc%18%19)c%17)cc%16c%15c%14)cc%13c%12c%11)cc%10c9c8)cc7c6c5)c4)c4cccc5ccccc45)cc3)c2)COC1. The molecule has 18 aromatic carbocycles. The molecule has 0 bridgehead atoms. The summed E-state index contributed by atoms with van der Waals surface area (Å²) < 4.78 is 33.9. The van der Waals surface area contributed by atoms with Gasteiger partial charge in [0.2, 0.25) is 0 Å². The lowest BCUT2D eigenvalue weighted by Crippen LogP contribution is -2.45. The van der Waals surface area contributed by atoms with Gasteiger partial charge in [0.05, 0.1) is 64.2 Å². The highest BCUT2D eigenvalue weighted by molar-refractivity contribution is 7.27. The van der Waals surface area contributed by atoms with Crippen molar-refractivity contribution < 1.29 is 18.9 Å². The number of anilines is 6. The summed E-state index contributed by atoms with van der Waals surface area (Å²) in [5.74, 6) is 0. The molecule has 24 rings (SSSR count). The van der Waals surface area contributed by atoms with E-state index in [1.54, 1.807) is 0 Å². The second-order valence-electron chi connectivity index (χ2n) is 35.7. The summed E-state index contributed by atoms with van der Waals surface area (Å²) in [6.45, 7) is 10.6. The first kappa shape index (κ1) is 80.1. The number of hydrogen-bond acceptors (Lipinski definition) is 10. The summed E-state index contributed by atoms with van der Waals surface area (Å²) in [5, 5.41) is 15.0. The topological polar surface area (TPSA) is 43.4 Å². The molecule has 0 unspecified atom stereocenters. The molecule has 0 radical (unpaired) electrons. The van der Waals surface area contributed by atoms with E-state index in [1.165, 1.54) is 191 Å². The lowest BCUT2D eigenvalue weighted by molar-refractivity contribution is -0.149. The monoisotopic (exact) mass is 1750 g/mol. The number of nitrogens with zero attached hydrogens (tertiary/aromatic N) is 2. The Kier molecular flexibility index (Phi) is 20.8. The predicted molar refractivity (Wildman–Crippen MR) is 557 cm³/mol. The Balaban J connectivity index is 0.498. The molecule has 0 atom stereocenters. The van der Waals surface area contributed by atoms with Gasteiger partial charge in [-0.3, -0.25) is 0 Å². The van der Waals surface area contributed by atoms with Crippen LogP contribution in [0.5, 0.6) is 0 Å². The molecule has 630 valence electrons. The summed E-state index contributed by atoms with van der Waals surface area (Å²) in [4.78, 5) is 4.86. The summed E-state index contributed by atoms with van der Waals surface area (Å²) in [5.41, 5.74) is 26.4. The van der Waals surface area contributed by atoms with Gasteiger partial charge in [0.1, 0.15) is 0 Å². The summed E-state index contributed by atoms with van der Waals surface area (Å²) in [7, 11) is 0. The van der Waals surface area contributed by atoms with Gasteiger partial charge in [0.25, 0.3) is 0 Å². The molecule has 0 amide bonds. The van der Waals surface area contributed by atoms with E-state index in [2.05, 4.69) is 400 Å². The zero-order valence-corrected chi connectivity index (χ0v) is 75.7. The quantitative estimate of drug-likeness (QED) is 0.0531. The van der Waals surface area contributed by atoms with Gasteiger partial charge < -0.3 is 28.7 Å². The van der Waals surface area contributed by atoms with Crippen molar-refractivity contribution in [3.8, 4) is 77.9 Å². The van der Waals surface area contributed by atoms with Crippen molar-refractivity contribution >= 4 is 182 Å². The van der Waals surface area contributed by atoms with Gasteiger partial charge in [-0.25, -0.2) is 0 Å². The molecule has 22 aromatic rings. The molecule has 2 aliphatic heterocycles. The van der Waals surface area contributed by atoms with Crippen molar-refractivity contribution in [2.75, 3.05) is 62.7 Å². The standard InChI is InChI=1S/C120H92N2O4S4/c1-3-119(73-125-74-119)71-123-57-55-77-15-9-21-83(59-77)79-31-43-95(44-32-79)121(109-29-13-19-81-17-5-7-27-99(81)109)97-25-11-23-85(61-97)87-35-47-111-101(63-87)103-65-89(37-49-113(103)127-111)91-39-51-115-105(67-91)107-69-93(41-53-117(107)129-115)94-42-54-118-108(70-94)106-68-92(40-52-116(106)130-118)90-38-50-114-104(66-90)102-64-88(36-48-112(102)128-114)86-24-12-26-98(62-86)122(110-30-14-20-82-18-6-8-28-100(82)110)96-45-33-80(34-46-96)84-22-10-16-78(60-84)56-58-124-72-120(4-2)75-126-76-120/h5-54,59-70H,3-4,55-58,71-76H2,1-2H3. The van der Waals surface area contributed by atoms with E-state index in [-0.39, 0.29) is 10.8 Å². The summed E-state index contributed by atoms with van der Waals surface area (Å²) in [6, 6.07) is 142. The Morgan fingerprint density at radius 3 is 0.792 bits per heavy atom. The first-order valence-corrected chi connectivity index (χ1v) is 48.7. The molecule has 6 nitrogen and oxygen atoms in total. The van der Waals surface area contributed by atoms with Crippen molar-refractivity contribution in [3.63, 3.8) is 0 Å². The number of benzene rings is 18. The van der Waals surface area contributed by atoms with Crippen LogP contribution in [0.15, 0.2) is 376 Å². The van der Waals surface area contributed by atoms with Gasteiger partial charge in [-0.15, -0.1) is 45.3 Å². The minimum absolute atomic E-state index is 0.187. The zero-order chi connectivity index (χ0) is 86.4. The van der Waals surface area contributed by atoms with E-state index in [0.717, 1.165) is 99.4 Å². The van der Waals surface area contributed by atoms with E-state index in [0.29, 0.717) is 13.2 Å². The highest BCUT2D eigenvalue weighted by Gasteiger charge is 2.38. The molecule has 6 heterocycles. The second kappa shape index (κ2) is 33.7. The highest BCUT2D eigenvalue weighted by atomic mass is 32.1. The fraction of sp³-hybridized carbons (Fsp3) is 0.133. The van der Waals surface area contributed by atoms with E-state index in [1.807, 2.05) is 45.3 Å². The maximum Gasteiger partial charge on any atom is 0.0566 e. The average molecular weight is 1750 g/mol. The van der Waals surface area contributed by atoms with Crippen LogP contribution in [0, 0.1) is 10.8 Å². The van der Waals surface area contributed by atoms with Crippen LogP contribution in [0.25, 0.3) is 180 Å². The van der Waals surface area contributed by atoms with Crippen molar-refractivity contribution in [1.29, 1.82) is 0 Å². The normalized spacial score (nSPS) is 13.7. The Morgan fingerprint density at radius 2 is 0.500 bits per heavy atom. The lowest BCUT2D eigenvalue weighted by atomic mass is 9.84. The largest absolute Gasteiger partial charge is 0.380 e. The molecule has 130 heavy (non-hydrogen) atoms. The molecule has 0 aliphatic carbocycles. The molecular formula is C120H92N2O4S4. The van der Waals surface area contributed by atoms with Crippen molar-refractivity contribution in [1.82, 2.24) is 0 Å². The minimum atomic E-state index is 0.187. The Hall–Kier alpha value is -13.2. The van der Waals surface area contributed by atoms with Gasteiger partial charge in [0.15, 0.2) is 0 Å². The van der Waals surface area contributed by atoms with Gasteiger partial charge >= 0.3 is 0 Å². The number of hydrogen-bond donors (Lipinski definition) is 0. The van der Waals surface area contributed by atoms with Crippen molar-refractivity contribution in [2.24, 2.45) is 10.8 Å². The van der Waals surface area contributed by atoms with Gasteiger partial charge in [0, 0.05) is 125 Å². The van der Waals surface area contributed by atoms with Crippen molar-refractivity contribution in [3.05, 3.63) is 387 Å². The first-order chi connectivity index (χ1) is 64.1. The first-order valence-electron chi connectivity index (χ1n) is 45.5. The second-order valence-corrected chi connectivity index (χ2v) is 40.0. The molecule has 0 N–H and O–H groups in total. The maximum atomic E-state index is 6.23. The Morgan fingerprint density at radius 1 is 0.238 bits per heavy atom. The third-order valence-corrected chi connectivity index (χ3v) is 32.2. The Bertz CT molecular complexity index is 7650. The third kappa shape index (κ3) is 15.0. The Labute approximate surface area is 772 Å². The van der Waals surface area contributed by atoms with Gasteiger partial charge in [-0.05, 0) is 283 Å². The maximum absolute atomic E-state index is 6.23. The van der Waals surface area contributed by atoms with Crippen LogP contribution in [-0.2, 0) is 31.8 Å². The minimum Gasteiger partial charge on any atom is -0.380 e. The predicted octanol–water partition coefficient (Wildman–Crippen LogP) is 34.0. The van der Waals surface area contributed by atoms with Gasteiger partial charge in [-0.1, -0.05) is 232 Å². The third-order valence-electron chi connectivity index (χ3n) is 27.6. The molecule has 10 heteroatoms. The number of rotatable bonds is 25. The van der Waals surface area contributed by atoms with Crippen LogP contribution in [0.3, 0.4) is 0 Å². The van der Waals surface area contributed by atoms with E-state index in [4.69, 9.17) is 18.9 Å². The molecule has 0 spiro atoms. The number of fused-ring (bicyclic) bond motifs is 14. The smallest absolute Gasteiger partial charge is 0.0566 e. The fourth-order valence-corrected chi connectivity index (χ4v) is 24.1. The molecular weight excluding hydrogens is 1660 g/mol. The van der Waals surface area contributed by atoms with E-state index >= 15 is 0 Å². The van der Waals surface area contributed by atoms with Crippen LogP contribution in [0.1, 0.15) is 37.8 Å². The van der Waals surface area contributed by atoms with Crippen LogP contribution in [-0.4, -0.2) is 52.9 Å². The van der Waals surface area contributed by atoms with Crippen LogP contribution >= 0.6 is 45.3 Å². The average Bonchev–Trinajstić information content (AvgIpc) is 1.58. The lowest BCUT2D eigenvalue weighted by Gasteiger charge is -2.40. The highest BCUT2D eigenvalue weighted by Crippen LogP contribution is 2.50. The van der Waals surface area contributed by atoms with Crippen LogP contribution < -0.4 is 9.80 Å². The van der Waals surface area contributed by atoms with Crippen LogP contribution in [0.4, 0.5) is 34.1 Å². The molecule has 0 saturated carbocycles. The van der Waals surface area contributed by atoms with E-state index < -0.39 is 0 Å². The van der Waals surface area contributed by atoms with Crippen molar-refractivity contribution in [2.45, 2.75) is 39.5 Å². The molecule has 4 aromatic heterocycles. The van der Waals surface area contributed by atoms with E-state index in [9.17, 15) is 0 Å². The number of ether oxygens (including phenoxy) is 4. The number of thiophene rings is 4. The zero-order valence-electron chi connectivity index (χ0n) is 72.4. The summed E-state index contributed by atoms with van der Waals surface area (Å²) in [6.07, 6.45) is 3.91. The molecule has 2 aliphatic rings. The van der Waals surface area contributed by atoms with Crippen LogP contribution in [0.2, 0.25) is 0 Å². The molecule has 2 fully saturated rings. The molecule has 2 saturated heterocycles. The summed E-state index contributed by atoms with van der Waals surface area (Å²) >= 11 is 7.50.